The van der Waals surface area contributed by atoms with Crippen LogP contribution in [-0.2, 0) is 9.59 Å². The molecule has 0 heterocycles. The first-order chi connectivity index (χ1) is 15.8. The van der Waals surface area contributed by atoms with E-state index in [9.17, 15) is 14.4 Å². The summed E-state index contributed by atoms with van der Waals surface area (Å²) in [6, 6.07) is 19.7. The van der Waals surface area contributed by atoms with Crippen LogP contribution in [0.3, 0.4) is 0 Å². The van der Waals surface area contributed by atoms with Gasteiger partial charge in [-0.2, -0.15) is 0 Å². The van der Waals surface area contributed by atoms with Crippen LogP contribution in [0.15, 0.2) is 71.6 Å². The summed E-state index contributed by atoms with van der Waals surface area (Å²) in [5, 5.41) is 8.76. The molecule has 3 aromatic rings. The second-order valence-electron chi connectivity index (χ2n) is 7.34. The first-order valence-electron chi connectivity index (χ1n) is 10.2. The zero-order chi connectivity index (χ0) is 23.8. The number of amides is 3. The molecule has 0 aliphatic heterocycles. The van der Waals surface area contributed by atoms with E-state index in [1.165, 1.54) is 11.8 Å². The molecule has 0 unspecified atom stereocenters. The van der Waals surface area contributed by atoms with Gasteiger partial charge in [0, 0.05) is 21.3 Å². The molecule has 0 aromatic heterocycles. The number of anilines is 2. The normalized spacial score (nSPS) is 10.4. The second kappa shape index (κ2) is 11.5. The molecule has 3 aromatic carbocycles. The van der Waals surface area contributed by atoms with Crippen molar-refractivity contribution in [1.82, 2.24) is 5.32 Å². The molecule has 0 saturated carbocycles. The molecule has 3 amide bonds. The molecule has 0 aliphatic rings. The summed E-state index contributed by atoms with van der Waals surface area (Å²) >= 11 is 7.33. The van der Waals surface area contributed by atoms with Gasteiger partial charge >= 0.3 is 0 Å². The highest BCUT2D eigenvalue weighted by molar-refractivity contribution is 8.00. The van der Waals surface area contributed by atoms with Gasteiger partial charge < -0.3 is 16.0 Å². The highest BCUT2D eigenvalue weighted by atomic mass is 35.5. The van der Waals surface area contributed by atoms with Gasteiger partial charge in [0.15, 0.2) is 0 Å². The minimum Gasteiger partial charge on any atom is -0.343 e. The highest BCUT2D eigenvalue weighted by Gasteiger charge is 2.14. The van der Waals surface area contributed by atoms with E-state index in [1.807, 2.05) is 31.2 Å². The van der Waals surface area contributed by atoms with E-state index in [2.05, 4.69) is 16.0 Å². The molecule has 0 radical (unpaired) electrons. The average Bonchev–Trinajstić information content (AvgIpc) is 2.81. The molecule has 3 N–H and O–H groups in total. The predicted molar refractivity (Wildman–Crippen MR) is 134 cm³/mol. The summed E-state index contributed by atoms with van der Waals surface area (Å²) in [6.45, 7) is 3.59. The number of aryl methyl sites for hydroxylation is 1. The summed E-state index contributed by atoms with van der Waals surface area (Å²) in [5.74, 6) is -0.783. The van der Waals surface area contributed by atoms with Crippen molar-refractivity contribution in [2.45, 2.75) is 18.7 Å². The summed E-state index contributed by atoms with van der Waals surface area (Å²) in [5.41, 5.74) is 3.58. The molecule has 33 heavy (non-hydrogen) atoms. The Kier molecular flexibility index (Phi) is 8.52. The fourth-order valence-corrected chi connectivity index (χ4v) is 3.97. The Hall–Kier alpha value is -3.29. The molecule has 0 atom stereocenters. The molecule has 8 heteroatoms. The van der Waals surface area contributed by atoms with Gasteiger partial charge in [-0.05, 0) is 55.8 Å². The van der Waals surface area contributed by atoms with E-state index in [1.54, 1.807) is 49.4 Å². The van der Waals surface area contributed by atoms with Crippen molar-refractivity contribution < 1.29 is 14.4 Å². The highest BCUT2D eigenvalue weighted by Crippen LogP contribution is 2.24. The van der Waals surface area contributed by atoms with Gasteiger partial charge in [0.2, 0.25) is 11.8 Å². The smallest absolute Gasteiger partial charge is 0.252 e. The number of carbonyl (C=O) groups excluding carboxylic acids is 3. The van der Waals surface area contributed by atoms with E-state index in [0.29, 0.717) is 21.2 Å². The van der Waals surface area contributed by atoms with Gasteiger partial charge in [0.1, 0.15) is 0 Å². The van der Waals surface area contributed by atoms with E-state index in [4.69, 9.17) is 11.6 Å². The molecule has 0 spiro atoms. The van der Waals surface area contributed by atoms with Crippen molar-refractivity contribution in [3.05, 3.63) is 88.4 Å². The van der Waals surface area contributed by atoms with Crippen LogP contribution in [0.1, 0.15) is 21.5 Å². The van der Waals surface area contributed by atoms with Crippen LogP contribution in [0.25, 0.3) is 0 Å². The van der Waals surface area contributed by atoms with Crippen molar-refractivity contribution in [2.75, 3.05) is 22.9 Å². The Morgan fingerprint density at radius 1 is 0.848 bits per heavy atom. The van der Waals surface area contributed by atoms with Crippen molar-refractivity contribution >= 4 is 52.5 Å². The van der Waals surface area contributed by atoms with Crippen LogP contribution >= 0.6 is 23.4 Å². The number of halogens is 1. The van der Waals surface area contributed by atoms with Crippen LogP contribution in [0.4, 0.5) is 11.4 Å². The minimum atomic E-state index is -0.394. The van der Waals surface area contributed by atoms with Crippen LogP contribution in [0, 0.1) is 13.8 Å². The van der Waals surface area contributed by atoms with Gasteiger partial charge in [-0.15, -0.1) is 11.8 Å². The fraction of sp³-hybridized carbons (Fsp3) is 0.160. The standard InChI is InChI=1S/C25H24ClN3O3S/c1-16-10-12-18(13-11-16)28-24(31)15-33-22-9-4-3-6-19(22)25(32)27-14-23(30)29-21-8-5-7-20(26)17(21)2/h3-13H,14-15H2,1-2H3,(H,27,32)(H,28,31)(H,29,30). The maximum absolute atomic E-state index is 12.7. The molecule has 0 aliphatic carbocycles. The number of rotatable bonds is 8. The average molecular weight is 482 g/mol. The quantitative estimate of drug-likeness (QED) is 0.392. The molecule has 3 rings (SSSR count). The third-order valence-corrected chi connectivity index (χ3v) is 6.26. The first-order valence-corrected chi connectivity index (χ1v) is 11.6. The largest absolute Gasteiger partial charge is 0.343 e. The maximum atomic E-state index is 12.7. The van der Waals surface area contributed by atoms with E-state index < -0.39 is 5.91 Å². The summed E-state index contributed by atoms with van der Waals surface area (Å²) in [6.07, 6.45) is 0. The summed E-state index contributed by atoms with van der Waals surface area (Å²) in [4.78, 5) is 37.9. The zero-order valence-electron chi connectivity index (χ0n) is 18.3. The topological polar surface area (TPSA) is 87.3 Å². The molecular weight excluding hydrogens is 458 g/mol. The lowest BCUT2D eigenvalue weighted by Gasteiger charge is -2.12. The lowest BCUT2D eigenvalue weighted by atomic mass is 10.2. The van der Waals surface area contributed by atoms with Crippen LogP contribution in [0.5, 0.6) is 0 Å². The number of hydrogen-bond acceptors (Lipinski definition) is 4. The van der Waals surface area contributed by atoms with Gasteiger partial charge in [0.25, 0.3) is 5.91 Å². The van der Waals surface area contributed by atoms with Crippen molar-refractivity contribution in [3.63, 3.8) is 0 Å². The lowest BCUT2D eigenvalue weighted by Crippen LogP contribution is -2.33. The number of hydrogen-bond donors (Lipinski definition) is 3. The Morgan fingerprint density at radius 3 is 2.33 bits per heavy atom. The van der Waals surface area contributed by atoms with Gasteiger partial charge in [-0.1, -0.05) is 47.5 Å². The molecule has 0 fully saturated rings. The van der Waals surface area contributed by atoms with E-state index in [0.717, 1.165) is 16.8 Å². The van der Waals surface area contributed by atoms with Crippen molar-refractivity contribution in [3.8, 4) is 0 Å². The third-order valence-electron chi connectivity index (χ3n) is 4.78. The number of carbonyl (C=O) groups is 3. The summed E-state index contributed by atoms with van der Waals surface area (Å²) in [7, 11) is 0. The SMILES string of the molecule is Cc1ccc(NC(=O)CSc2ccccc2C(=O)NCC(=O)Nc2cccc(Cl)c2C)cc1. The van der Waals surface area contributed by atoms with Crippen molar-refractivity contribution in [1.29, 1.82) is 0 Å². The third kappa shape index (κ3) is 7.10. The van der Waals surface area contributed by atoms with Gasteiger partial charge in [0.05, 0.1) is 17.9 Å². The zero-order valence-corrected chi connectivity index (χ0v) is 19.8. The Morgan fingerprint density at radius 2 is 1.58 bits per heavy atom. The molecule has 170 valence electrons. The van der Waals surface area contributed by atoms with E-state index >= 15 is 0 Å². The molecule has 6 nitrogen and oxygen atoms in total. The monoisotopic (exact) mass is 481 g/mol. The second-order valence-corrected chi connectivity index (χ2v) is 8.77. The maximum Gasteiger partial charge on any atom is 0.252 e. The Labute approximate surface area is 202 Å². The first kappa shape index (κ1) is 24.4. The Bertz CT molecular complexity index is 1170. The number of thioether (sulfide) groups is 1. The number of benzene rings is 3. The lowest BCUT2D eigenvalue weighted by molar-refractivity contribution is -0.115. The predicted octanol–water partition coefficient (Wildman–Crippen LogP) is 5.06. The van der Waals surface area contributed by atoms with Gasteiger partial charge in [-0.3, -0.25) is 14.4 Å². The minimum absolute atomic E-state index is 0.146. The van der Waals surface area contributed by atoms with Crippen LogP contribution in [-0.4, -0.2) is 30.0 Å². The van der Waals surface area contributed by atoms with Gasteiger partial charge in [-0.25, -0.2) is 0 Å². The Balaban J connectivity index is 1.54. The molecule has 0 saturated heterocycles. The van der Waals surface area contributed by atoms with Crippen LogP contribution < -0.4 is 16.0 Å². The van der Waals surface area contributed by atoms with E-state index in [-0.39, 0.29) is 24.1 Å². The molecular formula is C25H24ClN3O3S. The fourth-order valence-electron chi connectivity index (χ4n) is 2.95. The van der Waals surface area contributed by atoms with Crippen LogP contribution in [0.2, 0.25) is 5.02 Å². The van der Waals surface area contributed by atoms with Crippen molar-refractivity contribution in [2.24, 2.45) is 0 Å². The number of nitrogens with one attached hydrogen (secondary N) is 3. The molecule has 0 bridgehead atoms. The summed E-state index contributed by atoms with van der Waals surface area (Å²) < 4.78 is 0.